The van der Waals surface area contributed by atoms with Crippen molar-refractivity contribution in [2.24, 2.45) is 0 Å². The maximum atomic E-state index is 11.9. The minimum atomic E-state index is -0.214. The van der Waals surface area contributed by atoms with Crippen molar-refractivity contribution in [1.82, 2.24) is 10.3 Å². The fourth-order valence-electron chi connectivity index (χ4n) is 1.85. The second-order valence-electron chi connectivity index (χ2n) is 4.22. The van der Waals surface area contributed by atoms with Gasteiger partial charge in [-0.05, 0) is 17.9 Å². The number of aromatic nitrogens is 1. The number of ether oxygens (including phenoxy) is 1. The van der Waals surface area contributed by atoms with E-state index in [2.05, 4.69) is 10.3 Å². The van der Waals surface area contributed by atoms with Crippen LogP contribution < -0.4 is 11.1 Å². The molecule has 1 aromatic heterocycles. The Labute approximate surface area is 111 Å². The molecule has 0 fully saturated rings. The molecule has 0 aliphatic carbocycles. The molecular formula is C14H17N3O2. The summed E-state index contributed by atoms with van der Waals surface area (Å²) in [7, 11) is 1.63. The highest BCUT2D eigenvalue weighted by molar-refractivity contribution is 5.99. The normalized spacial score (nSPS) is 10.6. The largest absolute Gasteiger partial charge is 0.385 e. The number of methoxy groups -OCH3 is 1. The minimum Gasteiger partial charge on any atom is -0.385 e. The zero-order chi connectivity index (χ0) is 13.7. The fraction of sp³-hybridized carbons (Fsp3) is 0.286. The minimum absolute atomic E-state index is 0.214. The van der Waals surface area contributed by atoms with Crippen LogP contribution in [0, 0.1) is 0 Å². The van der Waals surface area contributed by atoms with E-state index in [1.54, 1.807) is 13.2 Å². The maximum Gasteiger partial charge on any atom is 0.269 e. The zero-order valence-electron chi connectivity index (χ0n) is 10.8. The lowest BCUT2D eigenvalue weighted by Gasteiger charge is -2.07. The number of carbonyl (C=O) groups excluding carboxylic acids is 1. The predicted octanol–water partition coefficient (Wildman–Crippen LogP) is 1.58. The van der Waals surface area contributed by atoms with Crippen molar-refractivity contribution < 1.29 is 9.53 Å². The number of nitrogens with one attached hydrogen (secondary N) is 1. The van der Waals surface area contributed by atoms with Crippen LogP contribution in [0.25, 0.3) is 10.8 Å². The second-order valence-corrected chi connectivity index (χ2v) is 4.22. The third kappa shape index (κ3) is 3.20. The van der Waals surface area contributed by atoms with E-state index in [0.29, 0.717) is 24.7 Å². The van der Waals surface area contributed by atoms with E-state index in [0.717, 1.165) is 17.2 Å². The molecular weight excluding hydrogens is 242 g/mol. The first kappa shape index (κ1) is 13.3. The van der Waals surface area contributed by atoms with Crippen LogP contribution in [-0.4, -0.2) is 31.2 Å². The Balaban J connectivity index is 2.14. The van der Waals surface area contributed by atoms with Crippen LogP contribution in [0.1, 0.15) is 16.9 Å². The van der Waals surface area contributed by atoms with Crippen molar-refractivity contribution in [3.8, 4) is 0 Å². The summed E-state index contributed by atoms with van der Waals surface area (Å²) in [6.45, 7) is 1.18. The number of nitrogens with two attached hydrogens (primary N) is 1. The number of anilines is 1. The molecule has 1 amide bonds. The van der Waals surface area contributed by atoms with Crippen LogP contribution in [-0.2, 0) is 4.74 Å². The lowest BCUT2D eigenvalue weighted by molar-refractivity contribution is 0.0944. The van der Waals surface area contributed by atoms with Crippen molar-refractivity contribution in [2.75, 3.05) is 26.0 Å². The van der Waals surface area contributed by atoms with Crippen LogP contribution in [0.15, 0.2) is 30.3 Å². The third-order valence-corrected chi connectivity index (χ3v) is 2.81. The number of nitrogen functional groups attached to an aromatic ring is 1. The number of benzene rings is 1. The van der Waals surface area contributed by atoms with Gasteiger partial charge in [-0.15, -0.1) is 0 Å². The van der Waals surface area contributed by atoms with E-state index in [9.17, 15) is 4.79 Å². The first-order valence-electron chi connectivity index (χ1n) is 6.15. The number of pyridine rings is 1. The first-order valence-corrected chi connectivity index (χ1v) is 6.15. The summed E-state index contributed by atoms with van der Waals surface area (Å²) in [6, 6.07) is 9.34. The van der Waals surface area contributed by atoms with Gasteiger partial charge >= 0.3 is 0 Å². The molecule has 0 aliphatic rings. The number of hydrogen-bond donors (Lipinski definition) is 2. The third-order valence-electron chi connectivity index (χ3n) is 2.81. The van der Waals surface area contributed by atoms with Gasteiger partial charge in [0.15, 0.2) is 0 Å². The van der Waals surface area contributed by atoms with Gasteiger partial charge in [-0.25, -0.2) is 4.98 Å². The summed E-state index contributed by atoms with van der Waals surface area (Å²) in [6.07, 6.45) is 0.769. The number of fused-ring (bicyclic) bond motifs is 1. The summed E-state index contributed by atoms with van der Waals surface area (Å²) in [4.78, 5) is 16.1. The highest BCUT2D eigenvalue weighted by atomic mass is 16.5. The van der Waals surface area contributed by atoms with Gasteiger partial charge in [0.1, 0.15) is 11.5 Å². The molecule has 5 heteroatoms. The molecule has 0 unspecified atom stereocenters. The average molecular weight is 259 g/mol. The number of rotatable bonds is 5. The highest BCUT2D eigenvalue weighted by Gasteiger charge is 2.09. The molecule has 0 radical (unpaired) electrons. The van der Waals surface area contributed by atoms with Gasteiger partial charge in [0.05, 0.1) is 0 Å². The Hall–Kier alpha value is -2.14. The SMILES string of the molecule is COCCCNC(=O)c1cc2ccccc2c(N)n1. The standard InChI is InChI=1S/C14H17N3O2/c1-19-8-4-7-16-14(18)12-9-10-5-2-3-6-11(10)13(15)17-12/h2-3,5-6,9H,4,7-8H2,1H3,(H2,15,17)(H,16,18). The van der Waals surface area contributed by atoms with Gasteiger partial charge in [0, 0.05) is 25.6 Å². The lowest BCUT2D eigenvalue weighted by Crippen LogP contribution is -2.26. The summed E-state index contributed by atoms with van der Waals surface area (Å²) in [5, 5.41) is 4.56. The predicted molar refractivity (Wildman–Crippen MR) is 75.0 cm³/mol. The van der Waals surface area contributed by atoms with E-state index >= 15 is 0 Å². The van der Waals surface area contributed by atoms with Crippen LogP contribution in [0.3, 0.4) is 0 Å². The molecule has 0 bridgehead atoms. The molecule has 5 nitrogen and oxygen atoms in total. The number of nitrogens with zero attached hydrogens (tertiary/aromatic N) is 1. The molecule has 0 saturated heterocycles. The molecule has 0 spiro atoms. The van der Waals surface area contributed by atoms with Gasteiger partial charge in [-0.2, -0.15) is 0 Å². The first-order chi connectivity index (χ1) is 9.22. The monoisotopic (exact) mass is 259 g/mol. The van der Waals surface area contributed by atoms with E-state index in [1.165, 1.54) is 0 Å². The Kier molecular flexibility index (Phi) is 4.30. The summed E-state index contributed by atoms with van der Waals surface area (Å²) in [5.41, 5.74) is 6.20. The molecule has 0 aliphatic heterocycles. The van der Waals surface area contributed by atoms with Gasteiger partial charge in [0.25, 0.3) is 5.91 Å². The van der Waals surface area contributed by atoms with Gasteiger partial charge in [0.2, 0.25) is 0 Å². The molecule has 100 valence electrons. The molecule has 19 heavy (non-hydrogen) atoms. The van der Waals surface area contributed by atoms with E-state index in [4.69, 9.17) is 10.5 Å². The van der Waals surface area contributed by atoms with Crippen molar-refractivity contribution in [3.63, 3.8) is 0 Å². The van der Waals surface area contributed by atoms with Crippen molar-refractivity contribution in [2.45, 2.75) is 6.42 Å². The lowest BCUT2D eigenvalue weighted by atomic mass is 10.1. The molecule has 2 aromatic rings. The molecule has 3 N–H and O–H groups in total. The van der Waals surface area contributed by atoms with Crippen LogP contribution in [0.4, 0.5) is 5.82 Å². The molecule has 1 aromatic carbocycles. The van der Waals surface area contributed by atoms with Gasteiger partial charge in [-0.1, -0.05) is 24.3 Å². The van der Waals surface area contributed by atoms with Crippen molar-refractivity contribution in [3.05, 3.63) is 36.0 Å². The van der Waals surface area contributed by atoms with Crippen LogP contribution in [0.5, 0.6) is 0 Å². The highest BCUT2D eigenvalue weighted by Crippen LogP contribution is 2.19. The number of hydrogen-bond acceptors (Lipinski definition) is 4. The Morgan fingerprint density at radius 1 is 1.42 bits per heavy atom. The van der Waals surface area contributed by atoms with Crippen molar-refractivity contribution in [1.29, 1.82) is 0 Å². The van der Waals surface area contributed by atoms with Crippen LogP contribution >= 0.6 is 0 Å². The quantitative estimate of drug-likeness (QED) is 0.799. The Bertz CT molecular complexity index is 584. The molecule has 1 heterocycles. The Morgan fingerprint density at radius 3 is 3.00 bits per heavy atom. The molecule has 2 rings (SSSR count). The summed E-state index contributed by atoms with van der Waals surface area (Å²) in [5.74, 6) is 0.161. The van der Waals surface area contributed by atoms with E-state index in [-0.39, 0.29) is 5.91 Å². The number of carbonyl (C=O) groups is 1. The molecule has 0 atom stereocenters. The maximum absolute atomic E-state index is 11.9. The zero-order valence-corrected chi connectivity index (χ0v) is 10.8. The van der Waals surface area contributed by atoms with Gasteiger partial charge < -0.3 is 15.8 Å². The average Bonchev–Trinajstić information content (AvgIpc) is 2.43. The van der Waals surface area contributed by atoms with Gasteiger partial charge in [-0.3, -0.25) is 4.79 Å². The number of amides is 1. The van der Waals surface area contributed by atoms with E-state index < -0.39 is 0 Å². The summed E-state index contributed by atoms with van der Waals surface area (Å²) >= 11 is 0. The second kappa shape index (κ2) is 6.15. The fourth-order valence-corrected chi connectivity index (χ4v) is 1.85. The van der Waals surface area contributed by atoms with Crippen molar-refractivity contribution >= 4 is 22.5 Å². The molecule has 0 saturated carbocycles. The van der Waals surface area contributed by atoms with Crippen LogP contribution in [0.2, 0.25) is 0 Å². The topological polar surface area (TPSA) is 77.2 Å². The smallest absolute Gasteiger partial charge is 0.269 e. The van der Waals surface area contributed by atoms with E-state index in [1.807, 2.05) is 24.3 Å². The Morgan fingerprint density at radius 2 is 2.21 bits per heavy atom. The summed E-state index contributed by atoms with van der Waals surface area (Å²) < 4.78 is 4.92.